The molecule has 53 heavy (non-hydrogen) atoms. The van der Waals surface area contributed by atoms with Crippen molar-refractivity contribution in [2.24, 2.45) is 4.99 Å². The van der Waals surface area contributed by atoms with Crippen LogP contribution in [0.2, 0.25) is 0 Å². The number of fused-ring (bicyclic) bond motifs is 6. The molecule has 11 rings (SSSR count). The fraction of sp³-hybridized carbons (Fsp3) is 0.0612. The van der Waals surface area contributed by atoms with E-state index in [9.17, 15) is 0 Å². The van der Waals surface area contributed by atoms with Crippen molar-refractivity contribution < 1.29 is 9.32 Å². The molecule has 4 unspecified atom stereocenters. The summed E-state index contributed by atoms with van der Waals surface area (Å²) in [5.74, 6) is 1.18. The van der Waals surface area contributed by atoms with E-state index in [1.807, 2.05) is 6.07 Å². The van der Waals surface area contributed by atoms with Crippen LogP contribution in [0.3, 0.4) is 0 Å². The minimum absolute atomic E-state index is 0.0222. The Kier molecular flexibility index (Phi) is 6.75. The van der Waals surface area contributed by atoms with E-state index in [1.54, 1.807) is 0 Å². The Morgan fingerprint density at radius 2 is 1.38 bits per heavy atom. The first-order chi connectivity index (χ1) is 26.3. The molecule has 4 aliphatic rings. The fourth-order valence-electron chi connectivity index (χ4n) is 8.63. The third kappa shape index (κ3) is 4.78. The zero-order valence-electron chi connectivity index (χ0n) is 28.9. The molecule has 1 N–H and O–H groups in total. The van der Waals surface area contributed by atoms with E-state index in [0.29, 0.717) is 0 Å². The second-order valence-corrected chi connectivity index (χ2v) is 14.1. The molecule has 4 atom stereocenters. The SMILES string of the molecule is C1=C(N2c3ccc(-c4ccccc4)cc3C3C=C(c4cccc5c4oc4ccccc45)C=CC32)C=CC=1[NH+]1C(c2ccccc2)=NC1c1ccccc1. The number of anilines is 1. The van der Waals surface area contributed by atoms with Gasteiger partial charge in [-0.1, -0.05) is 140 Å². The number of amidine groups is 1. The third-order valence-corrected chi connectivity index (χ3v) is 11.1. The molecule has 3 heterocycles. The van der Waals surface area contributed by atoms with Gasteiger partial charge < -0.3 is 9.32 Å². The summed E-state index contributed by atoms with van der Waals surface area (Å²) in [4.78, 5) is 8.87. The first-order valence-electron chi connectivity index (χ1n) is 18.3. The van der Waals surface area contributed by atoms with Crippen molar-refractivity contribution in [2.75, 3.05) is 4.90 Å². The molecule has 2 aliphatic carbocycles. The van der Waals surface area contributed by atoms with Crippen molar-refractivity contribution in [3.63, 3.8) is 0 Å². The van der Waals surface area contributed by atoms with Crippen LogP contribution in [-0.2, 0) is 0 Å². The van der Waals surface area contributed by atoms with E-state index in [2.05, 4.69) is 187 Å². The maximum absolute atomic E-state index is 6.51. The van der Waals surface area contributed by atoms with Gasteiger partial charge in [0, 0.05) is 39.6 Å². The van der Waals surface area contributed by atoms with Gasteiger partial charge in [0.1, 0.15) is 11.2 Å². The van der Waals surface area contributed by atoms with E-state index in [-0.39, 0.29) is 18.1 Å². The number of benzene rings is 6. The van der Waals surface area contributed by atoms with Crippen LogP contribution in [0.4, 0.5) is 5.69 Å². The number of rotatable bonds is 6. The van der Waals surface area contributed by atoms with Crippen molar-refractivity contribution in [1.82, 2.24) is 0 Å². The highest BCUT2D eigenvalue weighted by atomic mass is 16.3. The van der Waals surface area contributed by atoms with E-state index in [1.165, 1.54) is 38.4 Å². The Hall–Kier alpha value is -6.71. The molecule has 0 fully saturated rings. The monoisotopic (exact) mass is 680 g/mol. The van der Waals surface area contributed by atoms with E-state index in [4.69, 9.17) is 9.41 Å². The topological polar surface area (TPSA) is 33.2 Å². The second-order valence-electron chi connectivity index (χ2n) is 14.1. The second kappa shape index (κ2) is 11.9. The number of hydrogen-bond acceptors (Lipinski definition) is 3. The number of hydrogen-bond donors (Lipinski definition) is 1. The summed E-state index contributed by atoms with van der Waals surface area (Å²) in [6, 6.07) is 53.7. The zero-order valence-corrected chi connectivity index (χ0v) is 28.9. The predicted molar refractivity (Wildman–Crippen MR) is 215 cm³/mol. The Labute approximate surface area is 308 Å². The molecule has 4 heteroatoms. The minimum atomic E-state index is -0.0222. The number of quaternary nitrogens is 1. The summed E-state index contributed by atoms with van der Waals surface area (Å²) in [6.45, 7) is 0. The highest BCUT2D eigenvalue weighted by molar-refractivity contribution is 6.09. The number of nitrogens with one attached hydrogen (secondary N) is 1. The van der Waals surface area contributed by atoms with Gasteiger partial charge in [-0.3, -0.25) is 0 Å². The highest BCUT2D eigenvalue weighted by Gasteiger charge is 2.44. The van der Waals surface area contributed by atoms with Gasteiger partial charge in [-0.25, -0.2) is 4.90 Å². The summed E-state index contributed by atoms with van der Waals surface area (Å²) in [5.41, 5.74) is 17.5. The van der Waals surface area contributed by atoms with E-state index < -0.39 is 0 Å². The Bertz CT molecular complexity index is 2780. The van der Waals surface area contributed by atoms with Crippen molar-refractivity contribution in [2.45, 2.75) is 18.1 Å². The maximum atomic E-state index is 6.51. The van der Waals surface area contributed by atoms with Crippen molar-refractivity contribution in [1.29, 1.82) is 0 Å². The smallest absolute Gasteiger partial charge is 0.241 e. The van der Waals surface area contributed by atoms with Gasteiger partial charge in [0.05, 0.1) is 17.3 Å². The standard InChI is InChI=1S/C49H33N3O/c1-4-13-32(14-5-1)35-23-27-44-42(29-35)43-30-36(39-20-12-21-41-40-19-10-11-22-46(40)53-47(39)41)24-28-45(43)51(44)37-25-26-38(31-37)52-48(33-15-6-2-7-16-33)50-49(52)34-17-8-3-9-18-34/h1-30,43,45,48H/p+1. The summed E-state index contributed by atoms with van der Waals surface area (Å²) in [5, 5.41) is 2.29. The van der Waals surface area contributed by atoms with Crippen LogP contribution in [0, 0.1) is 0 Å². The third-order valence-electron chi connectivity index (χ3n) is 11.1. The lowest BCUT2D eigenvalue weighted by molar-refractivity contribution is -0.817. The molecular weight excluding hydrogens is 647 g/mol. The van der Waals surface area contributed by atoms with Crippen LogP contribution in [0.15, 0.2) is 209 Å². The Balaban J connectivity index is 1.04. The molecule has 1 aromatic heterocycles. The molecule has 0 amide bonds. The Morgan fingerprint density at radius 3 is 2.21 bits per heavy atom. The average Bonchev–Trinajstić information content (AvgIpc) is 3.92. The lowest BCUT2D eigenvalue weighted by Gasteiger charge is -2.33. The van der Waals surface area contributed by atoms with Gasteiger partial charge in [0.15, 0.2) is 5.70 Å². The van der Waals surface area contributed by atoms with Gasteiger partial charge in [-0.15, -0.1) is 0 Å². The van der Waals surface area contributed by atoms with Crippen LogP contribution in [0.1, 0.15) is 34.3 Å². The number of nitrogens with zero attached hydrogens (tertiary/aromatic N) is 2. The van der Waals surface area contributed by atoms with Crippen molar-refractivity contribution in [3.05, 3.63) is 221 Å². The van der Waals surface area contributed by atoms with Gasteiger partial charge in [-0.2, -0.15) is 4.99 Å². The molecule has 6 aromatic carbocycles. The number of allylic oxidation sites excluding steroid dienone is 3. The van der Waals surface area contributed by atoms with Crippen LogP contribution in [0.25, 0.3) is 38.6 Å². The van der Waals surface area contributed by atoms with Gasteiger partial charge in [-0.05, 0) is 64.4 Å². The minimum Gasteiger partial charge on any atom is -0.455 e. The van der Waals surface area contributed by atoms with Gasteiger partial charge >= 0.3 is 0 Å². The number of furan rings is 1. The quantitative estimate of drug-likeness (QED) is 0.177. The molecule has 0 radical (unpaired) electrons. The summed E-state index contributed by atoms with van der Waals surface area (Å²) >= 11 is 0. The van der Waals surface area contributed by atoms with Crippen LogP contribution >= 0.6 is 0 Å². The fourth-order valence-corrected chi connectivity index (χ4v) is 8.63. The molecule has 7 aromatic rings. The summed E-state index contributed by atoms with van der Waals surface area (Å²) in [6.07, 6.45) is 11.6. The lowest BCUT2D eigenvalue weighted by Crippen LogP contribution is -3.17. The van der Waals surface area contributed by atoms with E-state index in [0.717, 1.165) is 50.3 Å². The molecular formula is C49H34N3O+. The molecule has 250 valence electrons. The van der Waals surface area contributed by atoms with Crippen LogP contribution < -0.4 is 9.80 Å². The first-order valence-corrected chi connectivity index (χ1v) is 18.3. The van der Waals surface area contributed by atoms with Crippen molar-refractivity contribution in [3.8, 4) is 11.1 Å². The maximum Gasteiger partial charge on any atom is 0.241 e. The lowest BCUT2D eigenvalue weighted by atomic mass is 9.85. The molecule has 0 spiro atoms. The highest BCUT2D eigenvalue weighted by Crippen LogP contribution is 2.50. The largest absolute Gasteiger partial charge is 0.455 e. The van der Waals surface area contributed by atoms with Gasteiger partial charge in [0.2, 0.25) is 12.0 Å². The molecule has 4 nitrogen and oxygen atoms in total. The van der Waals surface area contributed by atoms with Crippen LogP contribution in [0.5, 0.6) is 0 Å². The van der Waals surface area contributed by atoms with Gasteiger partial charge in [0.25, 0.3) is 0 Å². The van der Waals surface area contributed by atoms with Crippen LogP contribution in [-0.4, -0.2) is 11.9 Å². The average molecular weight is 681 g/mol. The molecule has 0 saturated heterocycles. The summed E-state index contributed by atoms with van der Waals surface area (Å²) < 4.78 is 6.51. The van der Waals surface area contributed by atoms with E-state index >= 15 is 0 Å². The number of aliphatic imine (C=N–C) groups is 1. The normalized spacial score (nSPS) is 21.2. The zero-order chi connectivity index (χ0) is 34.9. The first kappa shape index (κ1) is 30.0. The molecule has 2 aliphatic heterocycles. The summed E-state index contributed by atoms with van der Waals surface area (Å²) in [7, 11) is 0. The molecule has 0 saturated carbocycles. The predicted octanol–water partition coefficient (Wildman–Crippen LogP) is 10.2. The Morgan fingerprint density at radius 1 is 0.642 bits per heavy atom. The molecule has 0 bridgehead atoms. The number of para-hydroxylation sites is 2. The van der Waals surface area contributed by atoms with Crippen molar-refractivity contribution >= 4 is 39.0 Å².